The van der Waals surface area contributed by atoms with Crippen molar-refractivity contribution >= 4 is 11.6 Å². The molecule has 0 aromatic heterocycles. The Kier molecular flexibility index (Phi) is 1.52. The van der Waals surface area contributed by atoms with Crippen LogP contribution >= 0.6 is 11.6 Å². The standard InChI is InChI=1S/C12H13Cl/c1-7-4-10-8-2-3-9(5-8)11(10)6-12(7)13/h4,6,8-9H,2-3,5H2,1H3. The van der Waals surface area contributed by atoms with E-state index in [2.05, 4.69) is 19.1 Å². The molecule has 2 unspecified atom stereocenters. The second kappa shape index (κ2) is 2.51. The third-order valence-corrected chi connectivity index (χ3v) is 4.08. The van der Waals surface area contributed by atoms with Crippen molar-refractivity contribution in [2.24, 2.45) is 0 Å². The fraction of sp³-hybridized carbons (Fsp3) is 0.500. The quantitative estimate of drug-likeness (QED) is 0.583. The lowest BCUT2D eigenvalue weighted by Crippen LogP contribution is -1.98. The highest BCUT2D eigenvalue weighted by atomic mass is 35.5. The highest BCUT2D eigenvalue weighted by Gasteiger charge is 2.36. The van der Waals surface area contributed by atoms with Crippen molar-refractivity contribution < 1.29 is 0 Å². The van der Waals surface area contributed by atoms with Crippen molar-refractivity contribution in [2.75, 3.05) is 0 Å². The SMILES string of the molecule is Cc1cc2c(cc1Cl)C1CCC2C1. The predicted molar refractivity (Wildman–Crippen MR) is 55.5 cm³/mol. The van der Waals surface area contributed by atoms with Crippen LogP contribution in [-0.2, 0) is 0 Å². The molecule has 2 aliphatic carbocycles. The maximum atomic E-state index is 6.13. The lowest BCUT2D eigenvalue weighted by Gasteiger charge is -2.16. The van der Waals surface area contributed by atoms with Crippen LogP contribution in [0.15, 0.2) is 12.1 Å². The molecule has 2 aliphatic rings. The minimum atomic E-state index is 0.832. The van der Waals surface area contributed by atoms with Crippen LogP contribution in [0.2, 0.25) is 5.02 Å². The van der Waals surface area contributed by atoms with Gasteiger partial charge in [-0.15, -0.1) is 0 Å². The van der Waals surface area contributed by atoms with Gasteiger partial charge in [-0.1, -0.05) is 17.7 Å². The molecule has 0 N–H and O–H groups in total. The third kappa shape index (κ3) is 0.985. The number of benzene rings is 1. The van der Waals surface area contributed by atoms with Gasteiger partial charge in [0.05, 0.1) is 0 Å². The summed E-state index contributed by atoms with van der Waals surface area (Å²) in [5, 5.41) is 0.950. The van der Waals surface area contributed by atoms with Crippen molar-refractivity contribution in [1.82, 2.24) is 0 Å². The molecule has 68 valence electrons. The number of halogens is 1. The molecule has 13 heavy (non-hydrogen) atoms. The van der Waals surface area contributed by atoms with Crippen molar-refractivity contribution in [2.45, 2.75) is 38.0 Å². The second-order valence-electron chi connectivity index (χ2n) is 4.44. The van der Waals surface area contributed by atoms with E-state index in [0.717, 1.165) is 16.9 Å². The summed E-state index contributed by atoms with van der Waals surface area (Å²) in [6.07, 6.45) is 4.17. The molecule has 0 saturated heterocycles. The molecule has 2 atom stereocenters. The fourth-order valence-electron chi connectivity index (χ4n) is 2.97. The largest absolute Gasteiger partial charge is 0.0840 e. The first kappa shape index (κ1) is 7.87. The summed E-state index contributed by atoms with van der Waals surface area (Å²) in [5.41, 5.74) is 4.39. The molecule has 1 aromatic rings. The number of fused-ring (bicyclic) bond motifs is 5. The Morgan fingerprint density at radius 2 is 1.77 bits per heavy atom. The summed E-state index contributed by atoms with van der Waals surface area (Å²) in [6.45, 7) is 2.11. The van der Waals surface area contributed by atoms with E-state index in [1.54, 1.807) is 11.1 Å². The zero-order chi connectivity index (χ0) is 9.00. The summed E-state index contributed by atoms with van der Waals surface area (Å²) in [6, 6.07) is 4.51. The molecule has 0 heterocycles. The lowest BCUT2D eigenvalue weighted by molar-refractivity contribution is 0.717. The number of aryl methyl sites for hydroxylation is 1. The summed E-state index contributed by atoms with van der Waals surface area (Å²) < 4.78 is 0. The van der Waals surface area contributed by atoms with E-state index in [-0.39, 0.29) is 0 Å². The van der Waals surface area contributed by atoms with E-state index in [4.69, 9.17) is 11.6 Å². The maximum absolute atomic E-state index is 6.13. The van der Waals surface area contributed by atoms with Gasteiger partial charge in [0.15, 0.2) is 0 Å². The van der Waals surface area contributed by atoms with Gasteiger partial charge in [-0.05, 0) is 60.8 Å². The maximum Gasteiger partial charge on any atom is 0.0438 e. The molecule has 0 radical (unpaired) electrons. The van der Waals surface area contributed by atoms with E-state index < -0.39 is 0 Å². The normalized spacial score (nSPS) is 29.4. The smallest absolute Gasteiger partial charge is 0.0438 e. The molecule has 0 amide bonds. The fourth-order valence-corrected chi connectivity index (χ4v) is 3.14. The third-order valence-electron chi connectivity index (χ3n) is 3.68. The van der Waals surface area contributed by atoms with Gasteiger partial charge in [0.1, 0.15) is 0 Å². The molecule has 3 rings (SSSR count). The van der Waals surface area contributed by atoms with Crippen molar-refractivity contribution in [3.63, 3.8) is 0 Å². The van der Waals surface area contributed by atoms with E-state index in [1.165, 1.54) is 24.8 Å². The van der Waals surface area contributed by atoms with Crippen LogP contribution < -0.4 is 0 Å². The monoisotopic (exact) mass is 192 g/mol. The number of rotatable bonds is 0. The van der Waals surface area contributed by atoms with Crippen LogP contribution in [0.25, 0.3) is 0 Å². The van der Waals surface area contributed by atoms with E-state index >= 15 is 0 Å². The molecule has 1 heteroatoms. The van der Waals surface area contributed by atoms with Crippen molar-refractivity contribution in [3.8, 4) is 0 Å². The van der Waals surface area contributed by atoms with Crippen molar-refractivity contribution in [1.29, 1.82) is 0 Å². The average molecular weight is 193 g/mol. The van der Waals surface area contributed by atoms with Gasteiger partial charge < -0.3 is 0 Å². The summed E-state index contributed by atoms with van der Waals surface area (Å²) >= 11 is 6.13. The van der Waals surface area contributed by atoms with Crippen LogP contribution in [0.4, 0.5) is 0 Å². The summed E-state index contributed by atoms with van der Waals surface area (Å²) in [5.74, 6) is 1.69. The Morgan fingerprint density at radius 3 is 2.46 bits per heavy atom. The van der Waals surface area contributed by atoms with Crippen LogP contribution in [-0.4, -0.2) is 0 Å². The van der Waals surface area contributed by atoms with Gasteiger partial charge in [0.2, 0.25) is 0 Å². The van der Waals surface area contributed by atoms with E-state index in [0.29, 0.717) is 0 Å². The summed E-state index contributed by atoms with van der Waals surface area (Å²) in [7, 11) is 0. The Labute approximate surface area is 83.9 Å². The molecule has 0 spiro atoms. The predicted octanol–water partition coefficient (Wildman–Crippen LogP) is 4.01. The van der Waals surface area contributed by atoms with E-state index in [9.17, 15) is 0 Å². The average Bonchev–Trinajstić information content (AvgIpc) is 2.67. The Morgan fingerprint density at radius 1 is 1.15 bits per heavy atom. The first-order valence-corrected chi connectivity index (χ1v) is 5.43. The van der Waals surface area contributed by atoms with Crippen LogP contribution in [0.1, 0.15) is 47.8 Å². The molecule has 1 fully saturated rings. The van der Waals surface area contributed by atoms with Gasteiger partial charge in [-0.25, -0.2) is 0 Å². The van der Waals surface area contributed by atoms with Crippen molar-refractivity contribution in [3.05, 3.63) is 33.8 Å². The Balaban J connectivity index is 2.22. The van der Waals surface area contributed by atoms with E-state index in [1.807, 2.05) is 0 Å². The molecule has 0 aliphatic heterocycles. The first-order chi connectivity index (χ1) is 6.25. The summed E-state index contributed by atoms with van der Waals surface area (Å²) in [4.78, 5) is 0. The highest BCUT2D eigenvalue weighted by molar-refractivity contribution is 6.31. The van der Waals surface area contributed by atoms with Gasteiger partial charge in [-0.2, -0.15) is 0 Å². The van der Waals surface area contributed by atoms with Crippen LogP contribution in [0.3, 0.4) is 0 Å². The Bertz CT molecular complexity index is 333. The van der Waals surface area contributed by atoms with Crippen LogP contribution in [0.5, 0.6) is 0 Å². The lowest BCUT2D eigenvalue weighted by atomic mass is 9.91. The second-order valence-corrected chi connectivity index (χ2v) is 4.84. The molecule has 1 saturated carbocycles. The molecular weight excluding hydrogens is 180 g/mol. The molecule has 0 nitrogen and oxygen atoms in total. The van der Waals surface area contributed by atoms with Gasteiger partial charge in [-0.3, -0.25) is 0 Å². The molecule has 2 bridgehead atoms. The zero-order valence-corrected chi connectivity index (χ0v) is 8.56. The van der Waals surface area contributed by atoms with Gasteiger partial charge >= 0.3 is 0 Å². The van der Waals surface area contributed by atoms with Gasteiger partial charge in [0, 0.05) is 5.02 Å². The minimum absolute atomic E-state index is 0.832. The van der Waals surface area contributed by atoms with Crippen LogP contribution in [0, 0.1) is 6.92 Å². The zero-order valence-electron chi connectivity index (χ0n) is 7.81. The highest BCUT2D eigenvalue weighted by Crippen LogP contribution is 2.53. The minimum Gasteiger partial charge on any atom is -0.0840 e. The number of hydrogen-bond acceptors (Lipinski definition) is 0. The molecule has 1 aromatic carbocycles. The Hall–Kier alpha value is -0.490. The molecular formula is C12H13Cl. The first-order valence-electron chi connectivity index (χ1n) is 5.05. The van der Waals surface area contributed by atoms with Gasteiger partial charge in [0.25, 0.3) is 0 Å². The topological polar surface area (TPSA) is 0 Å². The number of hydrogen-bond donors (Lipinski definition) is 0.